The van der Waals surface area contributed by atoms with Crippen molar-refractivity contribution < 1.29 is 19.4 Å². The van der Waals surface area contributed by atoms with Crippen LogP contribution in [0.3, 0.4) is 0 Å². The number of aromatic carboxylic acids is 1. The molecule has 1 N–H and O–H groups in total. The Hall–Kier alpha value is -2.27. The minimum atomic E-state index is -0.931. The van der Waals surface area contributed by atoms with Gasteiger partial charge in [0.1, 0.15) is 11.5 Å². The number of carbonyl (C=O) groups is 1. The summed E-state index contributed by atoms with van der Waals surface area (Å²) in [5.74, 6) is 0.282. The van der Waals surface area contributed by atoms with E-state index in [1.807, 2.05) is 37.3 Å². The highest BCUT2D eigenvalue weighted by Crippen LogP contribution is 2.30. The third-order valence-corrected chi connectivity index (χ3v) is 3.82. The smallest absolute Gasteiger partial charge is 0.346 e. The zero-order valence-electron chi connectivity index (χ0n) is 11.8. The molecule has 0 saturated heterocycles. The maximum absolute atomic E-state index is 11.1. The van der Waals surface area contributed by atoms with E-state index in [1.165, 1.54) is 11.3 Å². The number of hydrogen-bond donors (Lipinski definition) is 1. The van der Waals surface area contributed by atoms with Gasteiger partial charge in [0.2, 0.25) is 0 Å². The molecule has 0 saturated carbocycles. The van der Waals surface area contributed by atoms with Crippen LogP contribution in [0.4, 0.5) is 0 Å². The van der Waals surface area contributed by atoms with Crippen LogP contribution in [0.5, 0.6) is 11.5 Å². The third kappa shape index (κ3) is 3.64. The lowest BCUT2D eigenvalue weighted by Gasteiger charge is -2.11. The minimum absolute atomic E-state index is 0.199. The molecule has 1 heterocycles. The second-order valence-corrected chi connectivity index (χ2v) is 5.20. The van der Waals surface area contributed by atoms with Gasteiger partial charge in [-0.05, 0) is 36.1 Å². The van der Waals surface area contributed by atoms with Gasteiger partial charge in [-0.1, -0.05) is 18.2 Å². The molecule has 0 aliphatic heterocycles. The fourth-order valence-electron chi connectivity index (χ4n) is 1.89. The van der Waals surface area contributed by atoms with Crippen LogP contribution >= 0.6 is 11.3 Å². The topological polar surface area (TPSA) is 55.8 Å². The van der Waals surface area contributed by atoms with Gasteiger partial charge in [0.25, 0.3) is 0 Å². The van der Waals surface area contributed by atoms with Gasteiger partial charge < -0.3 is 14.6 Å². The van der Waals surface area contributed by atoms with Crippen molar-refractivity contribution in [1.82, 2.24) is 0 Å². The van der Waals surface area contributed by atoms with Gasteiger partial charge in [-0.25, -0.2) is 4.79 Å². The minimum Gasteiger partial charge on any atom is -0.493 e. The Balaban J connectivity index is 2.16. The SMILES string of the molecule is CC=Cc1ccc(OCc2ccsc2C(=O)O)c(OC)c1. The highest BCUT2D eigenvalue weighted by Gasteiger charge is 2.13. The molecule has 4 nitrogen and oxygen atoms in total. The van der Waals surface area contributed by atoms with E-state index < -0.39 is 5.97 Å². The number of carboxylic acid groups (broad SMARTS) is 1. The lowest BCUT2D eigenvalue weighted by Crippen LogP contribution is -2.02. The molecule has 0 spiro atoms. The molecule has 0 fully saturated rings. The average molecular weight is 304 g/mol. The first-order valence-electron chi connectivity index (χ1n) is 6.39. The molecule has 0 atom stereocenters. The van der Waals surface area contributed by atoms with Crippen LogP contribution in [-0.4, -0.2) is 18.2 Å². The van der Waals surface area contributed by atoms with Crippen LogP contribution in [0.25, 0.3) is 6.08 Å². The van der Waals surface area contributed by atoms with Gasteiger partial charge in [0, 0.05) is 5.56 Å². The molecular weight excluding hydrogens is 288 g/mol. The predicted molar refractivity (Wildman–Crippen MR) is 83.3 cm³/mol. The molecule has 0 unspecified atom stereocenters. The Labute approximate surface area is 127 Å². The first kappa shape index (κ1) is 15.1. The van der Waals surface area contributed by atoms with E-state index in [-0.39, 0.29) is 6.61 Å². The van der Waals surface area contributed by atoms with Crippen LogP contribution in [0.1, 0.15) is 27.7 Å². The summed E-state index contributed by atoms with van der Waals surface area (Å²) >= 11 is 1.19. The lowest BCUT2D eigenvalue weighted by atomic mass is 10.2. The van der Waals surface area contributed by atoms with E-state index in [4.69, 9.17) is 14.6 Å². The standard InChI is InChI=1S/C16H16O4S/c1-3-4-11-5-6-13(14(9-11)19-2)20-10-12-7-8-21-15(12)16(17)18/h3-9H,10H2,1-2H3,(H,17,18). The molecule has 1 aromatic heterocycles. The number of hydrogen-bond acceptors (Lipinski definition) is 4. The molecule has 0 aliphatic rings. The summed E-state index contributed by atoms with van der Waals surface area (Å²) in [6.45, 7) is 2.14. The molecule has 21 heavy (non-hydrogen) atoms. The number of allylic oxidation sites excluding steroid dienone is 1. The molecule has 1 aromatic carbocycles. The Morgan fingerprint density at radius 3 is 2.81 bits per heavy atom. The number of benzene rings is 1. The van der Waals surface area contributed by atoms with Crippen molar-refractivity contribution in [2.45, 2.75) is 13.5 Å². The van der Waals surface area contributed by atoms with Crippen molar-refractivity contribution in [1.29, 1.82) is 0 Å². The van der Waals surface area contributed by atoms with E-state index in [0.29, 0.717) is 21.9 Å². The summed E-state index contributed by atoms with van der Waals surface area (Å²) in [7, 11) is 1.58. The fraction of sp³-hybridized carbons (Fsp3) is 0.188. The van der Waals surface area contributed by atoms with Crippen molar-refractivity contribution >= 4 is 23.4 Å². The predicted octanol–water partition coefficient (Wildman–Crippen LogP) is 4.07. The molecule has 2 aromatic rings. The van der Waals surface area contributed by atoms with E-state index in [0.717, 1.165) is 5.56 Å². The maximum Gasteiger partial charge on any atom is 0.346 e. The van der Waals surface area contributed by atoms with Gasteiger partial charge in [0.15, 0.2) is 11.5 Å². The molecule has 110 valence electrons. The van der Waals surface area contributed by atoms with Crippen molar-refractivity contribution in [3.8, 4) is 11.5 Å². The first-order chi connectivity index (χ1) is 10.2. The summed E-state index contributed by atoms with van der Waals surface area (Å²) in [5, 5.41) is 10.8. The number of carboxylic acids is 1. The van der Waals surface area contributed by atoms with Crippen LogP contribution in [-0.2, 0) is 6.61 Å². The molecule has 0 amide bonds. The van der Waals surface area contributed by atoms with Gasteiger partial charge in [-0.15, -0.1) is 11.3 Å². The molecule has 2 rings (SSSR count). The molecule has 5 heteroatoms. The summed E-state index contributed by atoms with van der Waals surface area (Å²) < 4.78 is 11.0. The summed E-state index contributed by atoms with van der Waals surface area (Å²) in [6.07, 6.45) is 3.91. The lowest BCUT2D eigenvalue weighted by molar-refractivity contribution is 0.0699. The zero-order chi connectivity index (χ0) is 15.2. The molecule has 0 bridgehead atoms. The van der Waals surface area contributed by atoms with Crippen molar-refractivity contribution in [3.05, 3.63) is 51.7 Å². The van der Waals surface area contributed by atoms with Gasteiger partial charge in [-0.3, -0.25) is 0 Å². The van der Waals surface area contributed by atoms with Crippen molar-refractivity contribution in [2.75, 3.05) is 7.11 Å². The molecule has 0 radical (unpaired) electrons. The number of rotatable bonds is 6. The Morgan fingerprint density at radius 2 is 2.14 bits per heavy atom. The number of ether oxygens (including phenoxy) is 2. The summed E-state index contributed by atoms with van der Waals surface area (Å²) in [6, 6.07) is 7.38. The van der Waals surface area contributed by atoms with Crippen LogP contribution < -0.4 is 9.47 Å². The van der Waals surface area contributed by atoms with Gasteiger partial charge in [-0.2, -0.15) is 0 Å². The first-order valence-corrected chi connectivity index (χ1v) is 7.27. The number of thiophene rings is 1. The average Bonchev–Trinajstić information content (AvgIpc) is 2.94. The quantitative estimate of drug-likeness (QED) is 0.874. The Kier molecular flexibility index (Phi) is 5.00. The third-order valence-electron chi connectivity index (χ3n) is 2.87. The molecular formula is C16H16O4S. The second kappa shape index (κ2) is 6.95. The highest BCUT2D eigenvalue weighted by atomic mass is 32.1. The summed E-state index contributed by atoms with van der Waals surface area (Å²) in [5.41, 5.74) is 1.68. The Morgan fingerprint density at radius 1 is 1.33 bits per heavy atom. The van der Waals surface area contributed by atoms with E-state index in [2.05, 4.69) is 0 Å². The van der Waals surface area contributed by atoms with Crippen molar-refractivity contribution in [3.63, 3.8) is 0 Å². The van der Waals surface area contributed by atoms with Crippen LogP contribution in [0.2, 0.25) is 0 Å². The fourth-order valence-corrected chi connectivity index (χ4v) is 2.64. The summed E-state index contributed by atoms with van der Waals surface area (Å²) in [4.78, 5) is 11.4. The number of methoxy groups -OCH3 is 1. The van der Waals surface area contributed by atoms with E-state index in [1.54, 1.807) is 18.6 Å². The Bertz CT molecular complexity index is 658. The second-order valence-electron chi connectivity index (χ2n) is 4.28. The molecule has 0 aliphatic carbocycles. The van der Waals surface area contributed by atoms with Crippen molar-refractivity contribution in [2.24, 2.45) is 0 Å². The monoisotopic (exact) mass is 304 g/mol. The normalized spacial score (nSPS) is 10.8. The van der Waals surface area contributed by atoms with Crippen LogP contribution in [0.15, 0.2) is 35.7 Å². The largest absolute Gasteiger partial charge is 0.493 e. The van der Waals surface area contributed by atoms with Crippen LogP contribution in [0, 0.1) is 0 Å². The zero-order valence-corrected chi connectivity index (χ0v) is 12.6. The van der Waals surface area contributed by atoms with E-state index in [9.17, 15) is 4.79 Å². The highest BCUT2D eigenvalue weighted by molar-refractivity contribution is 7.12. The van der Waals surface area contributed by atoms with Gasteiger partial charge >= 0.3 is 5.97 Å². The maximum atomic E-state index is 11.1. The van der Waals surface area contributed by atoms with Gasteiger partial charge in [0.05, 0.1) is 7.11 Å². The van der Waals surface area contributed by atoms with E-state index >= 15 is 0 Å².